The zero-order valence-electron chi connectivity index (χ0n) is 75.6. The number of likely N-dealkylation sites (tertiary alicyclic amines) is 2. The Morgan fingerprint density at radius 3 is 1.43 bits per heavy atom. The number of aliphatic carboxylic acids is 1. The molecule has 17 rings (SSSR count). The van der Waals surface area contributed by atoms with E-state index in [4.69, 9.17) is 33.5 Å². The molecule has 13 aliphatic rings. The molecule has 1 aromatic heterocycles. The van der Waals surface area contributed by atoms with Gasteiger partial charge in [-0.2, -0.15) is 0 Å². The summed E-state index contributed by atoms with van der Waals surface area (Å²) in [6.07, 6.45) is 17.8. The lowest BCUT2D eigenvalue weighted by Crippen LogP contribution is -2.78. The molecule has 8 amide bonds. The molecule has 2 spiro atoms. The summed E-state index contributed by atoms with van der Waals surface area (Å²) in [6, 6.07) is 14.4. The minimum atomic E-state index is -2.73. The number of aromatic hydroxyl groups is 2. The number of carboxylic acid groups (broad SMARTS) is 1. The molecule has 6 bridgehead atoms. The number of fused-ring (bicyclic) bond motifs is 2. The van der Waals surface area contributed by atoms with Gasteiger partial charge in [-0.25, -0.2) is 13.6 Å². The summed E-state index contributed by atoms with van der Waals surface area (Å²) in [5, 5.41) is 87.3. The van der Waals surface area contributed by atoms with Crippen molar-refractivity contribution in [2.45, 2.75) is 296 Å². The van der Waals surface area contributed by atoms with Gasteiger partial charge < -0.3 is 101 Å². The van der Waals surface area contributed by atoms with Crippen LogP contribution in [0, 0.1) is 24.7 Å². The van der Waals surface area contributed by atoms with Gasteiger partial charge in [0.15, 0.2) is 23.0 Å². The molecule has 36 heteroatoms. The quantitative estimate of drug-likeness (QED) is 0.0214. The Balaban J connectivity index is 0.000000243. The molecule has 4 aromatic rings. The fourth-order valence-electron chi connectivity index (χ4n) is 23.9. The first kappa shape index (κ1) is 97.3. The van der Waals surface area contributed by atoms with E-state index in [0.29, 0.717) is 124 Å². The fraction of sp³-hybridized carbons (Fsp3) is 0.698. The van der Waals surface area contributed by atoms with Gasteiger partial charge in [0.25, 0.3) is 0 Å². The number of nitrogens with one attached hydrogen (secondary N) is 8. The van der Waals surface area contributed by atoms with E-state index in [0.717, 1.165) is 130 Å². The number of amides is 8. The molecule has 13 N–H and O–H groups in total. The van der Waals surface area contributed by atoms with Crippen LogP contribution in [0.1, 0.15) is 239 Å². The zero-order chi connectivity index (χ0) is 92.1. The minimum Gasteiger partial charge on any atom is -0.504 e. The largest absolute Gasteiger partial charge is 0.504 e. The van der Waals surface area contributed by atoms with Crippen LogP contribution in [0.15, 0.2) is 48.5 Å². The van der Waals surface area contributed by atoms with Gasteiger partial charge in [-0.1, -0.05) is 64.8 Å². The normalized spacial score (nSPS) is 28.0. The lowest BCUT2D eigenvalue weighted by Gasteiger charge is -2.64. The smallest absolute Gasteiger partial charge is 0.329 e. The number of phenols is 2. The number of carbonyl (C=O) groups is 9. The summed E-state index contributed by atoms with van der Waals surface area (Å²) in [5.41, 5.74) is 1.82. The third-order valence-electron chi connectivity index (χ3n) is 30.4. The van der Waals surface area contributed by atoms with Crippen molar-refractivity contribution in [3.8, 4) is 23.0 Å². The van der Waals surface area contributed by atoms with Crippen LogP contribution >= 0.6 is 0 Å². The first-order valence-electron chi connectivity index (χ1n) is 47.9. The van der Waals surface area contributed by atoms with Gasteiger partial charge in [-0.05, 0) is 214 Å². The SMILES string of the molecule is C.Cc1nnc(C(C)C)n1C1CC2CCC(C1)N2CC[C@H](NC(=O)C1CCC(F)(F)CC1)c1ccc(NC(=O)COCC(=O)NCCCCCCCNC(=O)COCC(=O)N[C@@H]2CC[C@@]3(O)[C@H]4Cc5ccc(O)c6c5[C@@]3(CCN4CC3CC3)[C@H]2O6)cc1.O=C(O)COCC(=O)NCCCNC(=O)COCC(=O)N[C@@H]1CC[C@@]2(O)[C@H]3Cc4ccc(O)c5c4[C@@]2(CCN3CC2CC2)[C@H]1O5. The highest BCUT2D eigenvalue weighted by Gasteiger charge is 2.75. The van der Waals surface area contributed by atoms with Gasteiger partial charge in [-0.3, -0.25) is 53.1 Å². The summed E-state index contributed by atoms with van der Waals surface area (Å²) in [4.78, 5) is 119. The first-order valence-corrected chi connectivity index (χ1v) is 47.9. The van der Waals surface area contributed by atoms with Gasteiger partial charge in [-0.15, -0.1) is 10.2 Å². The third kappa shape index (κ3) is 21.2. The van der Waals surface area contributed by atoms with Crippen molar-refractivity contribution in [2.75, 3.05) is 117 Å². The number of carboxylic acids is 1. The Hall–Kier alpha value is -9.27. The molecule has 5 saturated carbocycles. The van der Waals surface area contributed by atoms with Gasteiger partial charge >= 0.3 is 5.97 Å². The number of aromatic nitrogens is 3. The highest BCUT2D eigenvalue weighted by atomic mass is 19.3. The molecule has 4 saturated heterocycles. The number of phenolic OH excluding ortho intramolecular Hbond substituents is 2. The Bertz CT molecular complexity index is 4780. The van der Waals surface area contributed by atoms with Crippen LogP contribution < -0.4 is 52.0 Å². The number of ether oxygens (including phenoxy) is 6. The standard InChI is InChI=1S/C64H90F2N10O10.C31H42N4O10.CH4/c1-39(2)60-73-72-40(3)76(60)48-32-46-16-17-47(33-48)75(46)29-22-49(71-61(82)43-19-23-62(65,66)24-20-43)42-11-14-45(15-12-42)69-55(80)37-84-35-53(78)67-27-7-5-4-6-8-28-68-54(79)36-85-38-56(81)70-50-21-25-64(83)52-31-44-13-18-51(77)58-57(44)63(64,59(50)86-58)26-30-74(52)34-41-9-10-41;36-21-5-4-19-12-22-31(42)7-6-20(29-30(31,27(19)28(21)45-29)8-11-35(22)13-18-2-3-18)34-25(39)16-43-14-23(37)32-9-1-10-33-24(38)15-44-17-26(40)41;/h11-15,18,39,41,43,46-50,52,59,77,83H,4-10,16-17,19-38H2,1-3H3,(H,67,78)(H,68,79)(H,69,80)(H,70,81)(H,71,82);4-5,18,20,22,29,36,42H,1-3,6-17H2,(H,32,37)(H,33,38)(H,34,39)(H,40,41);1H4/t46?,47?,48?,49-,50+,52+,59-,63-,64+;20-,22-,29+,30+,31-;/m01./s1. The van der Waals surface area contributed by atoms with E-state index in [1.54, 1.807) is 24.3 Å². The molecule has 132 heavy (non-hydrogen) atoms. The molecule has 9 fully saturated rings. The van der Waals surface area contributed by atoms with Crippen LogP contribution in [0.4, 0.5) is 14.5 Å². The maximum absolute atomic E-state index is 14.0. The maximum atomic E-state index is 14.0. The molecular weight excluding hydrogens is 1710 g/mol. The number of rotatable bonds is 43. The van der Waals surface area contributed by atoms with E-state index in [1.807, 2.05) is 31.2 Å². The van der Waals surface area contributed by atoms with Crippen LogP contribution in [0.3, 0.4) is 0 Å². The number of anilines is 1. The van der Waals surface area contributed by atoms with Crippen molar-refractivity contribution in [3.05, 3.63) is 88.0 Å². The number of halogens is 2. The van der Waals surface area contributed by atoms with Crippen LogP contribution in [0.2, 0.25) is 0 Å². The lowest BCUT2D eigenvalue weighted by atomic mass is 9.48. The highest BCUT2D eigenvalue weighted by molar-refractivity contribution is 5.92. The van der Waals surface area contributed by atoms with E-state index in [9.17, 15) is 72.4 Å². The molecule has 34 nitrogen and oxygen atoms in total. The predicted molar refractivity (Wildman–Crippen MR) is 479 cm³/mol. The summed E-state index contributed by atoms with van der Waals surface area (Å²) >= 11 is 0. The second kappa shape index (κ2) is 41.9. The molecule has 13 atom stereocenters. The van der Waals surface area contributed by atoms with Crippen molar-refractivity contribution in [2.24, 2.45) is 17.8 Å². The van der Waals surface area contributed by atoms with Crippen molar-refractivity contribution in [1.29, 1.82) is 0 Å². The van der Waals surface area contributed by atoms with Crippen molar-refractivity contribution >= 4 is 58.9 Å². The van der Waals surface area contributed by atoms with Gasteiger partial charge in [0.2, 0.25) is 53.2 Å². The lowest BCUT2D eigenvalue weighted by molar-refractivity contribution is -0.192. The second-order valence-corrected chi connectivity index (χ2v) is 39.4. The van der Waals surface area contributed by atoms with Crippen LogP contribution in [-0.4, -0.2) is 286 Å². The molecule has 7 heterocycles. The van der Waals surface area contributed by atoms with Crippen LogP contribution in [-0.2, 0) is 85.8 Å². The van der Waals surface area contributed by atoms with Crippen LogP contribution in [0.25, 0.3) is 0 Å². The van der Waals surface area contributed by atoms with E-state index in [-0.39, 0.29) is 152 Å². The number of benzene rings is 3. The monoisotopic (exact) mass is 1840 g/mol. The Labute approximate surface area is 769 Å². The molecular formula is C96H136F2N14O20. The first-order chi connectivity index (χ1) is 63.0. The van der Waals surface area contributed by atoms with Crippen molar-refractivity contribution in [3.63, 3.8) is 0 Å². The number of hydrogen-bond donors (Lipinski definition) is 13. The summed E-state index contributed by atoms with van der Waals surface area (Å²) in [7, 11) is 0. The zero-order valence-corrected chi connectivity index (χ0v) is 75.6. The van der Waals surface area contributed by atoms with E-state index in [2.05, 4.69) is 85.8 Å². The Morgan fingerprint density at radius 2 is 0.970 bits per heavy atom. The maximum Gasteiger partial charge on any atom is 0.329 e. The Kier molecular flexibility index (Phi) is 30.9. The molecule has 7 aliphatic carbocycles. The predicted octanol–water partition coefficient (Wildman–Crippen LogP) is 6.38. The summed E-state index contributed by atoms with van der Waals surface area (Å²) < 4.78 is 64.5. The number of unbranched alkanes of at least 4 members (excludes halogenated alkanes) is 4. The van der Waals surface area contributed by atoms with E-state index in [1.165, 1.54) is 25.7 Å². The average molecular weight is 1840 g/mol. The molecule has 2 unspecified atom stereocenters. The number of nitrogens with zero attached hydrogens (tertiary/aromatic N) is 6. The second-order valence-electron chi connectivity index (χ2n) is 39.4. The number of hydrogen-bond acceptors (Lipinski definition) is 24. The number of aryl methyl sites for hydroxylation is 1. The number of piperidine rings is 3. The van der Waals surface area contributed by atoms with E-state index < -0.39 is 94.4 Å². The van der Waals surface area contributed by atoms with Crippen molar-refractivity contribution < 1.29 is 106 Å². The van der Waals surface area contributed by atoms with Gasteiger partial charge in [0.1, 0.15) is 76.7 Å². The molecule has 0 radical (unpaired) electrons. The third-order valence-corrected chi connectivity index (χ3v) is 30.4. The van der Waals surface area contributed by atoms with Gasteiger partial charge in [0.05, 0.1) is 40.2 Å². The number of aliphatic hydroxyl groups is 2. The average Bonchev–Trinajstić information content (AvgIpc) is 1.36. The highest BCUT2D eigenvalue weighted by Crippen LogP contribution is 2.68. The fourth-order valence-corrected chi connectivity index (χ4v) is 23.9. The summed E-state index contributed by atoms with van der Waals surface area (Å²) in [6.45, 7) is 9.44. The topological polar surface area (TPSA) is 447 Å². The number of carbonyl (C=O) groups excluding carboxylic acids is 8. The van der Waals surface area contributed by atoms with E-state index >= 15 is 0 Å². The number of alkyl halides is 2. The van der Waals surface area contributed by atoms with Gasteiger partial charge in [0, 0.05) is 118 Å². The molecule has 6 aliphatic heterocycles. The van der Waals surface area contributed by atoms with Crippen molar-refractivity contribution in [1.82, 2.24) is 66.7 Å². The summed E-state index contributed by atoms with van der Waals surface area (Å²) in [5.74, 6) is -2.69. The molecule has 724 valence electrons. The molecule has 3 aromatic carbocycles. The van der Waals surface area contributed by atoms with Crippen LogP contribution in [0.5, 0.6) is 23.0 Å². The Morgan fingerprint density at radius 1 is 0.523 bits per heavy atom. The minimum absolute atomic E-state index is 0.